The summed E-state index contributed by atoms with van der Waals surface area (Å²) in [7, 11) is 0. The van der Waals surface area contributed by atoms with E-state index in [-0.39, 0.29) is 6.42 Å². The highest BCUT2D eigenvalue weighted by molar-refractivity contribution is 4.43. The van der Waals surface area contributed by atoms with Crippen molar-refractivity contribution in [2.75, 3.05) is 0 Å². The van der Waals surface area contributed by atoms with E-state index in [0.717, 1.165) is 0 Å². The number of nitrogens with one attached hydrogen (secondary N) is 1. The van der Waals surface area contributed by atoms with Gasteiger partial charge in [-0.3, -0.25) is 0 Å². The van der Waals surface area contributed by atoms with E-state index in [9.17, 15) is 0 Å². The predicted molar refractivity (Wildman–Crippen MR) is 20.6 cm³/mol. The SMILES string of the molecule is CCC([NH])(O)O. The first kappa shape index (κ1) is 5.88. The third kappa shape index (κ3) is 3.88. The molecule has 0 saturated carbocycles. The van der Waals surface area contributed by atoms with Crippen LogP contribution >= 0.6 is 0 Å². The molecule has 0 rings (SSSR count). The van der Waals surface area contributed by atoms with Gasteiger partial charge in [0, 0.05) is 6.42 Å². The van der Waals surface area contributed by atoms with E-state index < -0.39 is 5.91 Å². The van der Waals surface area contributed by atoms with Crippen LogP contribution in [0.25, 0.3) is 0 Å². The second kappa shape index (κ2) is 1.55. The van der Waals surface area contributed by atoms with Crippen molar-refractivity contribution in [1.82, 2.24) is 5.73 Å². The van der Waals surface area contributed by atoms with Gasteiger partial charge in [-0.1, -0.05) is 6.92 Å². The van der Waals surface area contributed by atoms with Crippen LogP contribution < -0.4 is 5.73 Å². The summed E-state index contributed by atoms with van der Waals surface area (Å²) in [5.41, 5.74) is 6.29. The van der Waals surface area contributed by atoms with Gasteiger partial charge in [0.1, 0.15) is 0 Å². The largest absolute Gasteiger partial charge is 0.353 e. The molecule has 0 aliphatic carbocycles. The summed E-state index contributed by atoms with van der Waals surface area (Å²) in [4.78, 5) is 0. The van der Waals surface area contributed by atoms with Crippen molar-refractivity contribution < 1.29 is 10.2 Å². The fraction of sp³-hybridized carbons (Fsp3) is 1.00. The molecular formula is C3H8NO2. The normalized spacial score (nSPS) is 12.0. The molecule has 0 bridgehead atoms. The minimum absolute atomic E-state index is 0.0486. The van der Waals surface area contributed by atoms with Gasteiger partial charge in [0.15, 0.2) is 0 Å². The Morgan fingerprint density at radius 2 is 1.83 bits per heavy atom. The summed E-state index contributed by atoms with van der Waals surface area (Å²) in [5, 5.41) is 16.1. The summed E-state index contributed by atoms with van der Waals surface area (Å²) >= 11 is 0. The molecule has 0 amide bonds. The molecule has 0 aliphatic rings. The van der Waals surface area contributed by atoms with E-state index in [2.05, 4.69) is 0 Å². The van der Waals surface area contributed by atoms with Crippen LogP contribution in [0.2, 0.25) is 0 Å². The standard InChI is InChI=1S/C3H8NO2/c1-2-3(4,5)6/h4-6H,2H2,1H3. The van der Waals surface area contributed by atoms with Crippen molar-refractivity contribution in [3.63, 3.8) is 0 Å². The molecule has 0 aromatic carbocycles. The lowest BCUT2D eigenvalue weighted by Gasteiger charge is -2.08. The Kier molecular flexibility index (Phi) is 1.52. The first-order chi connectivity index (χ1) is 2.56. The molecule has 37 valence electrons. The van der Waals surface area contributed by atoms with E-state index in [0.29, 0.717) is 0 Å². The Morgan fingerprint density at radius 1 is 1.67 bits per heavy atom. The lowest BCUT2D eigenvalue weighted by atomic mass is 10.4. The van der Waals surface area contributed by atoms with E-state index in [1.807, 2.05) is 0 Å². The van der Waals surface area contributed by atoms with Crippen LogP contribution in [0.5, 0.6) is 0 Å². The summed E-state index contributed by atoms with van der Waals surface area (Å²) < 4.78 is 0. The number of rotatable bonds is 1. The number of hydrogen-bond donors (Lipinski definition) is 2. The molecule has 6 heavy (non-hydrogen) atoms. The highest BCUT2D eigenvalue weighted by Crippen LogP contribution is 1.93. The molecule has 0 heterocycles. The first-order valence-electron chi connectivity index (χ1n) is 1.76. The van der Waals surface area contributed by atoms with Crippen molar-refractivity contribution in [2.24, 2.45) is 0 Å². The van der Waals surface area contributed by atoms with Crippen molar-refractivity contribution in [2.45, 2.75) is 19.3 Å². The van der Waals surface area contributed by atoms with Gasteiger partial charge < -0.3 is 10.2 Å². The van der Waals surface area contributed by atoms with Gasteiger partial charge >= 0.3 is 0 Å². The fourth-order valence-corrected chi connectivity index (χ4v) is 0. The summed E-state index contributed by atoms with van der Waals surface area (Å²) in [5.74, 6) is -2.21. The molecule has 3 heteroatoms. The molecule has 1 radical (unpaired) electrons. The van der Waals surface area contributed by atoms with Crippen LogP contribution in [0, 0.1) is 0 Å². The molecule has 0 fully saturated rings. The van der Waals surface area contributed by atoms with Gasteiger partial charge in [-0.25, -0.2) is 0 Å². The van der Waals surface area contributed by atoms with Crippen molar-refractivity contribution in [3.05, 3.63) is 0 Å². The lowest BCUT2D eigenvalue weighted by Crippen LogP contribution is -2.27. The molecule has 0 aromatic heterocycles. The molecule has 0 unspecified atom stereocenters. The monoisotopic (exact) mass is 90.1 g/mol. The van der Waals surface area contributed by atoms with E-state index in [4.69, 9.17) is 15.9 Å². The Labute approximate surface area is 36.4 Å². The average Bonchev–Trinajstić information content (AvgIpc) is 1.35. The van der Waals surface area contributed by atoms with Gasteiger partial charge in [0.05, 0.1) is 0 Å². The molecular weight excluding hydrogens is 82.0 g/mol. The molecule has 0 spiro atoms. The minimum atomic E-state index is -2.21. The number of aliphatic hydroxyl groups is 2. The van der Waals surface area contributed by atoms with Crippen LogP contribution in [0.1, 0.15) is 13.3 Å². The van der Waals surface area contributed by atoms with Gasteiger partial charge in [-0.05, 0) is 0 Å². The van der Waals surface area contributed by atoms with Crippen LogP contribution in [-0.2, 0) is 0 Å². The second-order valence-corrected chi connectivity index (χ2v) is 1.17. The fourth-order valence-electron chi connectivity index (χ4n) is 0. The summed E-state index contributed by atoms with van der Waals surface area (Å²) in [6, 6.07) is 0. The smallest absolute Gasteiger partial charge is 0.235 e. The Balaban J connectivity index is 3.17. The second-order valence-electron chi connectivity index (χ2n) is 1.17. The first-order valence-corrected chi connectivity index (χ1v) is 1.76. The third-order valence-corrected chi connectivity index (χ3v) is 0.493. The topological polar surface area (TPSA) is 64.3 Å². The van der Waals surface area contributed by atoms with Crippen LogP contribution in [0.3, 0.4) is 0 Å². The molecule has 3 N–H and O–H groups in total. The Bertz CT molecular complexity index is 38.5. The lowest BCUT2D eigenvalue weighted by molar-refractivity contribution is -0.163. The summed E-state index contributed by atoms with van der Waals surface area (Å²) in [6.45, 7) is 1.52. The quantitative estimate of drug-likeness (QED) is 0.419. The predicted octanol–water partition coefficient (Wildman–Crippen LogP) is -0.682. The van der Waals surface area contributed by atoms with Crippen LogP contribution in [0.4, 0.5) is 0 Å². The summed E-state index contributed by atoms with van der Waals surface area (Å²) in [6.07, 6.45) is 0.0486. The third-order valence-electron chi connectivity index (χ3n) is 0.493. The van der Waals surface area contributed by atoms with Gasteiger partial charge in [0.2, 0.25) is 5.91 Å². The van der Waals surface area contributed by atoms with E-state index in [1.165, 1.54) is 6.92 Å². The van der Waals surface area contributed by atoms with E-state index in [1.54, 1.807) is 0 Å². The van der Waals surface area contributed by atoms with Crippen molar-refractivity contribution in [3.8, 4) is 0 Å². The zero-order chi connectivity index (χ0) is 5.21. The minimum Gasteiger partial charge on any atom is -0.353 e. The van der Waals surface area contributed by atoms with Crippen LogP contribution in [-0.4, -0.2) is 16.1 Å². The maximum absolute atomic E-state index is 8.05. The molecule has 0 atom stereocenters. The van der Waals surface area contributed by atoms with E-state index >= 15 is 0 Å². The zero-order valence-electron chi connectivity index (χ0n) is 3.60. The van der Waals surface area contributed by atoms with Gasteiger partial charge in [-0.15, -0.1) is 0 Å². The molecule has 0 aromatic rings. The van der Waals surface area contributed by atoms with Gasteiger partial charge in [0.25, 0.3) is 0 Å². The molecule has 0 aliphatic heterocycles. The Hall–Kier alpha value is -0.120. The van der Waals surface area contributed by atoms with Crippen molar-refractivity contribution in [1.29, 1.82) is 0 Å². The molecule has 0 saturated heterocycles. The average molecular weight is 90.1 g/mol. The zero-order valence-corrected chi connectivity index (χ0v) is 3.60. The Morgan fingerprint density at radius 3 is 1.83 bits per heavy atom. The maximum Gasteiger partial charge on any atom is 0.235 e. The van der Waals surface area contributed by atoms with Crippen molar-refractivity contribution >= 4 is 0 Å². The number of hydrogen-bond acceptors (Lipinski definition) is 2. The van der Waals surface area contributed by atoms with Gasteiger partial charge in [-0.2, -0.15) is 5.73 Å². The maximum atomic E-state index is 8.05. The highest BCUT2D eigenvalue weighted by Gasteiger charge is 2.10. The highest BCUT2D eigenvalue weighted by atomic mass is 16.5. The van der Waals surface area contributed by atoms with Crippen LogP contribution in [0.15, 0.2) is 0 Å². The molecule has 3 nitrogen and oxygen atoms in total.